The van der Waals surface area contributed by atoms with Crippen molar-refractivity contribution in [3.8, 4) is 0 Å². The van der Waals surface area contributed by atoms with E-state index in [1.165, 1.54) is 0 Å². The normalized spacial score (nSPS) is 23.8. The third kappa shape index (κ3) is 10.9. The van der Waals surface area contributed by atoms with Gasteiger partial charge in [0.2, 0.25) is 0 Å². The summed E-state index contributed by atoms with van der Waals surface area (Å²) in [4.78, 5) is 0. The van der Waals surface area contributed by atoms with Crippen molar-refractivity contribution in [2.45, 2.75) is 40.0 Å². The van der Waals surface area contributed by atoms with Gasteiger partial charge in [0.25, 0.3) is 15.5 Å². The fraction of sp³-hybridized carbons (Fsp3) is 0.600. The lowest BCUT2D eigenvalue weighted by Crippen LogP contribution is -2.26. The summed E-state index contributed by atoms with van der Waals surface area (Å²) in [5.74, 6) is 0. The van der Waals surface area contributed by atoms with Crippen LogP contribution in [0.2, 0.25) is 0 Å². The molecule has 21 heteroatoms. The fourth-order valence-corrected chi connectivity index (χ4v) is 13.5. The van der Waals surface area contributed by atoms with Crippen LogP contribution in [0.4, 0.5) is 0 Å². The second-order valence-corrected chi connectivity index (χ2v) is 14.8. The van der Waals surface area contributed by atoms with E-state index in [0.29, 0.717) is 39.1 Å². The monoisotopic (exact) mass is 663 g/mol. The van der Waals surface area contributed by atoms with Gasteiger partial charge in [0.15, 0.2) is 0 Å². The van der Waals surface area contributed by atoms with Crippen molar-refractivity contribution in [3.63, 3.8) is 0 Å². The van der Waals surface area contributed by atoms with E-state index in [1.807, 2.05) is 20.8 Å². The van der Waals surface area contributed by atoms with Gasteiger partial charge in [-0.25, -0.2) is 0 Å². The van der Waals surface area contributed by atoms with E-state index >= 15 is 0 Å². The Balaban J connectivity index is 3.98. The van der Waals surface area contributed by atoms with E-state index < -0.39 is 22.5 Å². The van der Waals surface area contributed by atoms with Gasteiger partial charge in [0.1, 0.15) is 0 Å². The highest BCUT2D eigenvalue weighted by Gasteiger charge is 2.40. The van der Waals surface area contributed by atoms with Crippen LogP contribution in [0.3, 0.4) is 0 Å². The second-order valence-electron chi connectivity index (χ2n) is 6.29. The van der Waals surface area contributed by atoms with Gasteiger partial charge in [-0.15, -0.1) is 14.3 Å². The van der Waals surface area contributed by atoms with Crippen LogP contribution in [0.25, 0.3) is 0 Å². The van der Waals surface area contributed by atoms with Gasteiger partial charge >= 0.3 is 22.5 Å². The summed E-state index contributed by atoms with van der Waals surface area (Å²) in [6.45, 7) is 6.80. The standard InChI is InChI=1S/C15H24N9O3P3S6/c1-4-7-25-13(34)19-28(16-10-31)22-29(17-11-32,20-14(35)26-8-5-2)24-30(23-28,18-12-33)21-15(36)27-9-6-3/h4-9H2,1-3H3,(H,19,34)(H,20,35)(H,21,36). The summed E-state index contributed by atoms with van der Waals surface area (Å²) in [6.07, 6.45) is 2.13. The number of isothiocyanates is 3. The predicted molar refractivity (Wildman–Crippen MR) is 169 cm³/mol. The molecule has 0 radical (unpaired) electrons. The molecule has 0 unspecified atom stereocenters. The number of ether oxygens (including phenoxy) is 3. The Labute approximate surface area is 242 Å². The van der Waals surface area contributed by atoms with Crippen LogP contribution in [0.15, 0.2) is 27.8 Å². The first-order chi connectivity index (χ1) is 17.2. The Morgan fingerprint density at radius 1 is 0.611 bits per heavy atom. The number of rotatable bonds is 12. The Morgan fingerprint density at radius 2 is 0.861 bits per heavy atom. The van der Waals surface area contributed by atoms with Crippen molar-refractivity contribution < 1.29 is 14.2 Å². The largest absolute Gasteiger partial charge is 0.471 e. The van der Waals surface area contributed by atoms with Crippen LogP contribution >= 0.6 is 95.8 Å². The molecular weight excluding hydrogens is 640 g/mol. The number of hydrogen-bond donors (Lipinski definition) is 3. The Morgan fingerprint density at radius 3 is 1.06 bits per heavy atom. The highest BCUT2D eigenvalue weighted by molar-refractivity contribution is 7.89. The highest BCUT2D eigenvalue weighted by atomic mass is 32.1. The van der Waals surface area contributed by atoms with Crippen molar-refractivity contribution in [2.24, 2.45) is 27.8 Å². The lowest BCUT2D eigenvalue weighted by Gasteiger charge is -2.30. The molecule has 1 heterocycles. The Hall–Kier alpha value is -0.840. The van der Waals surface area contributed by atoms with E-state index in [4.69, 9.17) is 87.5 Å². The molecule has 0 saturated carbocycles. The average Bonchev–Trinajstić information content (AvgIpc) is 2.79. The number of hydrogen-bond acceptors (Lipinski definition) is 15. The highest BCUT2D eigenvalue weighted by Crippen LogP contribution is 2.76. The molecule has 36 heavy (non-hydrogen) atoms. The molecule has 1 rings (SSSR count). The van der Waals surface area contributed by atoms with Gasteiger partial charge in [-0.3, -0.25) is 15.3 Å². The summed E-state index contributed by atoms with van der Waals surface area (Å²) in [7, 11) is -10.6. The molecule has 0 aliphatic carbocycles. The molecule has 0 atom stereocenters. The molecule has 0 fully saturated rings. The lowest BCUT2D eigenvalue weighted by molar-refractivity contribution is 0.305. The topological polar surface area (TPSA) is 138 Å². The van der Waals surface area contributed by atoms with Gasteiger partial charge in [0.05, 0.1) is 35.3 Å². The van der Waals surface area contributed by atoms with Crippen molar-refractivity contribution >= 4 is 127 Å². The minimum atomic E-state index is -3.52. The zero-order valence-corrected chi connectivity index (χ0v) is 27.0. The Bertz CT molecular complexity index is 1020. The van der Waals surface area contributed by atoms with Gasteiger partial charge in [-0.1, -0.05) is 20.8 Å². The number of nitrogens with zero attached hydrogens (tertiary/aromatic N) is 6. The summed E-state index contributed by atoms with van der Waals surface area (Å²) >= 11 is 30.7. The van der Waals surface area contributed by atoms with Crippen molar-refractivity contribution in [1.29, 1.82) is 0 Å². The summed E-state index contributed by atoms with van der Waals surface area (Å²) < 4.78 is 43.3. The number of nitrogens with one attached hydrogen (secondary N) is 3. The lowest BCUT2D eigenvalue weighted by atomic mass is 10.5. The molecule has 0 aromatic heterocycles. The summed E-state index contributed by atoms with van der Waals surface area (Å²) in [5, 5.41) is 15.6. The smallest absolute Gasteiger partial charge is 0.301 e. The molecule has 0 amide bonds. The first-order valence-electron chi connectivity index (χ1n) is 10.2. The molecule has 0 aromatic rings. The van der Waals surface area contributed by atoms with Crippen LogP contribution in [-0.2, 0) is 14.2 Å². The molecule has 0 aromatic carbocycles. The molecule has 1 aliphatic rings. The van der Waals surface area contributed by atoms with Crippen molar-refractivity contribution in [3.05, 3.63) is 0 Å². The molecular formula is C15H24N9O3P3S6. The van der Waals surface area contributed by atoms with Crippen molar-refractivity contribution in [2.75, 3.05) is 19.8 Å². The van der Waals surface area contributed by atoms with Crippen LogP contribution < -0.4 is 15.3 Å². The summed E-state index contributed by atoms with van der Waals surface area (Å²) in [6, 6.07) is 0. The SMILES string of the molecule is CCCOC(=S)NP1(N=C=S)=NP(N=C=S)(NC(=S)OCCC)=NP(N=C=S)(NC(=S)OCCC)=N1. The van der Waals surface area contributed by atoms with E-state index in [9.17, 15) is 0 Å². The van der Waals surface area contributed by atoms with Gasteiger partial charge in [-0.2, -0.15) is 13.5 Å². The molecule has 12 nitrogen and oxygen atoms in total. The van der Waals surface area contributed by atoms with Crippen LogP contribution in [0.1, 0.15) is 40.0 Å². The minimum Gasteiger partial charge on any atom is -0.471 e. The third-order valence-corrected chi connectivity index (χ3v) is 13.8. The first kappa shape index (κ1) is 33.2. The molecule has 0 bridgehead atoms. The van der Waals surface area contributed by atoms with Crippen LogP contribution in [-0.4, -0.2) is 50.8 Å². The second kappa shape index (κ2) is 16.9. The Kier molecular flexibility index (Phi) is 15.6. The zero-order chi connectivity index (χ0) is 27.1. The first-order valence-corrected chi connectivity index (χ1v) is 17.6. The average molecular weight is 664 g/mol. The maximum atomic E-state index is 5.51. The van der Waals surface area contributed by atoms with E-state index in [-0.39, 0.29) is 15.5 Å². The maximum Gasteiger partial charge on any atom is 0.301 e. The molecule has 0 spiro atoms. The van der Waals surface area contributed by atoms with E-state index in [1.54, 1.807) is 0 Å². The van der Waals surface area contributed by atoms with Gasteiger partial charge in [0, 0.05) is 0 Å². The quantitative estimate of drug-likeness (QED) is 0.112. The van der Waals surface area contributed by atoms with Crippen LogP contribution in [0, 0.1) is 0 Å². The molecule has 3 N–H and O–H groups in total. The van der Waals surface area contributed by atoms with E-state index in [2.05, 4.69) is 58.6 Å². The zero-order valence-electron chi connectivity index (χ0n) is 19.4. The third-order valence-electron chi connectivity index (χ3n) is 3.32. The van der Waals surface area contributed by atoms with E-state index in [0.717, 1.165) is 0 Å². The van der Waals surface area contributed by atoms with Crippen molar-refractivity contribution in [1.82, 2.24) is 15.3 Å². The maximum absolute atomic E-state index is 5.51. The van der Waals surface area contributed by atoms with Crippen LogP contribution in [0.5, 0.6) is 0 Å². The predicted octanol–water partition coefficient (Wildman–Crippen LogP) is 7.05. The van der Waals surface area contributed by atoms with Gasteiger partial charge < -0.3 is 14.2 Å². The molecule has 0 saturated heterocycles. The summed E-state index contributed by atoms with van der Waals surface area (Å²) in [5.41, 5.74) is 0. The van der Waals surface area contributed by atoms with Gasteiger partial charge in [-0.05, 0) is 92.6 Å². The number of thiocarbonyl (C=S) groups is 6. The minimum absolute atomic E-state index is 0.0305. The molecule has 198 valence electrons. The molecule has 1 aliphatic heterocycles. The fourth-order valence-electron chi connectivity index (χ4n) is 2.12.